The fourth-order valence-corrected chi connectivity index (χ4v) is 4.63. The van der Waals surface area contributed by atoms with E-state index in [2.05, 4.69) is 10.3 Å². The molecule has 4 rings (SSSR count). The number of nitrogens with zero attached hydrogens (tertiary/aromatic N) is 2. The lowest BCUT2D eigenvalue weighted by molar-refractivity contribution is -0.113. The summed E-state index contributed by atoms with van der Waals surface area (Å²) in [7, 11) is 0. The highest BCUT2D eigenvalue weighted by molar-refractivity contribution is 7.99. The molecule has 8 nitrogen and oxygen atoms in total. The Morgan fingerprint density at radius 2 is 2.00 bits per heavy atom. The Hall–Kier alpha value is -3.17. The second-order valence-electron chi connectivity index (χ2n) is 8.37. The monoisotopic (exact) mass is 495 g/mol. The summed E-state index contributed by atoms with van der Waals surface area (Å²) in [4.78, 5) is 42.5. The third-order valence-electron chi connectivity index (χ3n) is 5.70. The molecule has 1 aliphatic rings. The van der Waals surface area contributed by atoms with Gasteiger partial charge in [-0.1, -0.05) is 37.2 Å². The molecule has 0 aliphatic carbocycles. The van der Waals surface area contributed by atoms with Crippen molar-refractivity contribution in [2.45, 2.75) is 50.4 Å². The summed E-state index contributed by atoms with van der Waals surface area (Å²) in [6.45, 7) is 3.53. The molecule has 1 aliphatic heterocycles. The largest absolute Gasteiger partial charge is 0.462 e. The Morgan fingerprint density at radius 3 is 2.74 bits per heavy atom. The third kappa shape index (κ3) is 6.49. The van der Waals surface area contributed by atoms with Crippen LogP contribution in [0.2, 0.25) is 0 Å². The Balaban J connectivity index is 1.41. The smallest absolute Gasteiger partial charge is 0.338 e. The lowest BCUT2D eigenvalue weighted by Gasteiger charge is -2.16. The highest BCUT2D eigenvalue weighted by atomic mass is 32.2. The van der Waals surface area contributed by atoms with E-state index in [1.165, 1.54) is 11.8 Å². The van der Waals surface area contributed by atoms with Crippen molar-refractivity contribution in [2.75, 3.05) is 24.3 Å². The number of thioether (sulfide) groups is 1. The summed E-state index contributed by atoms with van der Waals surface area (Å²) < 4.78 is 12.6. The number of benzene rings is 2. The number of fused-ring (bicyclic) bond motifs is 1. The van der Waals surface area contributed by atoms with Crippen LogP contribution in [-0.4, -0.2) is 46.5 Å². The van der Waals surface area contributed by atoms with Gasteiger partial charge in [0.25, 0.3) is 5.56 Å². The van der Waals surface area contributed by atoms with Crippen LogP contribution in [0.4, 0.5) is 5.69 Å². The van der Waals surface area contributed by atoms with Crippen LogP contribution in [0.5, 0.6) is 0 Å². The van der Waals surface area contributed by atoms with Gasteiger partial charge >= 0.3 is 5.97 Å². The number of carbonyl (C=O) groups is 2. The molecule has 1 aromatic heterocycles. The topological polar surface area (TPSA) is 99.5 Å². The van der Waals surface area contributed by atoms with E-state index in [-0.39, 0.29) is 29.3 Å². The Morgan fingerprint density at radius 1 is 1.20 bits per heavy atom. The predicted octanol–water partition coefficient (Wildman–Crippen LogP) is 4.26. The summed E-state index contributed by atoms with van der Waals surface area (Å²) in [5.74, 6) is -0.533. The first kappa shape index (κ1) is 24.9. The number of hydrogen-bond acceptors (Lipinski definition) is 7. The average Bonchev–Trinajstić information content (AvgIpc) is 3.38. The lowest BCUT2D eigenvalue weighted by Crippen LogP contribution is -2.29. The third-order valence-corrected chi connectivity index (χ3v) is 6.68. The molecule has 1 saturated heterocycles. The fourth-order valence-electron chi connectivity index (χ4n) is 3.82. The zero-order valence-corrected chi connectivity index (χ0v) is 20.5. The number of para-hydroxylation sites is 1. The van der Waals surface area contributed by atoms with Gasteiger partial charge in [0.15, 0.2) is 5.16 Å². The molecule has 35 heavy (non-hydrogen) atoms. The first-order valence-corrected chi connectivity index (χ1v) is 12.8. The normalized spacial score (nSPS) is 15.3. The Kier molecular flexibility index (Phi) is 8.54. The van der Waals surface area contributed by atoms with Gasteiger partial charge < -0.3 is 14.8 Å². The van der Waals surface area contributed by atoms with Gasteiger partial charge in [-0.05, 0) is 55.7 Å². The van der Waals surface area contributed by atoms with Gasteiger partial charge in [0.2, 0.25) is 5.91 Å². The average molecular weight is 496 g/mol. The first-order valence-electron chi connectivity index (χ1n) is 11.9. The maximum atomic E-state index is 13.2. The minimum atomic E-state index is -0.376. The highest BCUT2D eigenvalue weighted by Crippen LogP contribution is 2.21. The number of hydrogen-bond donors (Lipinski definition) is 1. The number of esters is 1. The molecule has 1 fully saturated rings. The lowest BCUT2D eigenvalue weighted by atomic mass is 10.2. The van der Waals surface area contributed by atoms with Crippen molar-refractivity contribution < 1.29 is 19.1 Å². The van der Waals surface area contributed by atoms with E-state index in [9.17, 15) is 14.4 Å². The van der Waals surface area contributed by atoms with Crippen LogP contribution in [0, 0.1) is 0 Å². The second kappa shape index (κ2) is 12.0. The summed E-state index contributed by atoms with van der Waals surface area (Å²) >= 11 is 1.22. The van der Waals surface area contributed by atoms with Gasteiger partial charge in [0.05, 0.1) is 41.5 Å². The summed E-state index contributed by atoms with van der Waals surface area (Å²) in [6, 6.07) is 13.8. The molecular formula is C26H29N3O5S. The van der Waals surface area contributed by atoms with Crippen molar-refractivity contribution in [2.24, 2.45) is 0 Å². The van der Waals surface area contributed by atoms with Crippen LogP contribution < -0.4 is 10.9 Å². The minimum Gasteiger partial charge on any atom is -0.462 e. The van der Waals surface area contributed by atoms with Crippen LogP contribution in [-0.2, 0) is 20.8 Å². The maximum Gasteiger partial charge on any atom is 0.338 e. The molecule has 184 valence electrons. The predicted molar refractivity (Wildman–Crippen MR) is 136 cm³/mol. The Labute approximate surface area is 208 Å². The van der Waals surface area contributed by atoms with Crippen molar-refractivity contribution in [3.05, 3.63) is 64.4 Å². The quantitative estimate of drug-likeness (QED) is 0.194. The molecule has 0 spiro atoms. The fraction of sp³-hybridized carbons (Fsp3) is 0.385. The molecule has 3 aromatic rings. The van der Waals surface area contributed by atoms with E-state index in [1.54, 1.807) is 41.0 Å². The van der Waals surface area contributed by atoms with Crippen molar-refractivity contribution in [3.63, 3.8) is 0 Å². The van der Waals surface area contributed by atoms with E-state index in [0.29, 0.717) is 47.1 Å². The second-order valence-corrected chi connectivity index (χ2v) is 9.31. The molecule has 2 aromatic carbocycles. The van der Waals surface area contributed by atoms with Gasteiger partial charge in [-0.25, -0.2) is 9.78 Å². The number of rotatable bonds is 10. The standard InChI is InChI=1S/C26H29N3O5S/c1-2-3-14-34-25(32)18-10-12-19(13-11-18)27-23(30)17-35-26-28-22-9-5-4-8-21(22)24(31)29(26)16-20-7-6-15-33-20/h4-5,8-13,20H,2-3,6-7,14-17H2,1H3,(H,27,30). The minimum absolute atomic E-state index is 0.0315. The van der Waals surface area contributed by atoms with Gasteiger partial charge in [0.1, 0.15) is 0 Å². The maximum absolute atomic E-state index is 13.2. The number of anilines is 1. The number of aromatic nitrogens is 2. The van der Waals surface area contributed by atoms with Crippen LogP contribution >= 0.6 is 11.8 Å². The van der Waals surface area contributed by atoms with Gasteiger partial charge in [-0.2, -0.15) is 0 Å². The van der Waals surface area contributed by atoms with E-state index in [4.69, 9.17) is 9.47 Å². The molecule has 0 radical (unpaired) electrons. The van der Waals surface area contributed by atoms with Crippen molar-refractivity contribution in [1.82, 2.24) is 9.55 Å². The molecule has 0 bridgehead atoms. The summed E-state index contributed by atoms with van der Waals surface area (Å²) in [5.41, 5.74) is 1.48. The Bertz CT molecular complexity index is 1240. The number of carbonyl (C=O) groups excluding carboxylic acids is 2. The first-order chi connectivity index (χ1) is 17.0. The summed E-state index contributed by atoms with van der Waals surface area (Å²) in [5, 5.41) is 3.86. The van der Waals surface area contributed by atoms with Crippen LogP contribution in [0.25, 0.3) is 10.9 Å². The highest BCUT2D eigenvalue weighted by Gasteiger charge is 2.20. The van der Waals surface area contributed by atoms with Crippen LogP contribution in [0.3, 0.4) is 0 Å². The molecule has 1 unspecified atom stereocenters. The van der Waals surface area contributed by atoms with E-state index in [1.807, 2.05) is 19.1 Å². The van der Waals surface area contributed by atoms with E-state index in [0.717, 1.165) is 25.7 Å². The molecule has 1 N–H and O–H groups in total. The molecule has 0 saturated carbocycles. The zero-order valence-electron chi connectivity index (χ0n) is 19.7. The molecule has 1 atom stereocenters. The van der Waals surface area contributed by atoms with E-state index >= 15 is 0 Å². The van der Waals surface area contributed by atoms with E-state index < -0.39 is 0 Å². The number of amides is 1. The van der Waals surface area contributed by atoms with Crippen LogP contribution in [0.1, 0.15) is 43.0 Å². The SMILES string of the molecule is CCCCOC(=O)c1ccc(NC(=O)CSc2nc3ccccc3c(=O)n2CC2CCCO2)cc1. The number of ether oxygens (including phenoxy) is 2. The zero-order chi connectivity index (χ0) is 24.6. The molecule has 1 amide bonds. The van der Waals surface area contributed by atoms with Crippen molar-refractivity contribution in [1.29, 1.82) is 0 Å². The van der Waals surface area contributed by atoms with Gasteiger partial charge in [-0.15, -0.1) is 0 Å². The molecular weight excluding hydrogens is 466 g/mol. The number of nitrogens with one attached hydrogen (secondary N) is 1. The van der Waals surface area contributed by atoms with Crippen molar-refractivity contribution >= 4 is 40.2 Å². The van der Waals surface area contributed by atoms with Crippen molar-refractivity contribution in [3.8, 4) is 0 Å². The molecule has 9 heteroatoms. The number of unbranched alkanes of at least 4 members (excludes halogenated alkanes) is 1. The van der Waals surface area contributed by atoms with Gasteiger partial charge in [0, 0.05) is 12.3 Å². The van der Waals surface area contributed by atoms with Gasteiger partial charge in [-0.3, -0.25) is 14.2 Å². The molecule has 2 heterocycles. The van der Waals surface area contributed by atoms with Crippen LogP contribution in [0.15, 0.2) is 58.5 Å². The summed E-state index contributed by atoms with van der Waals surface area (Å²) in [6.07, 6.45) is 3.61.